The van der Waals surface area contributed by atoms with Crippen molar-refractivity contribution < 1.29 is 23.0 Å². The highest BCUT2D eigenvalue weighted by atomic mass is 79.9. The first-order chi connectivity index (χ1) is 8.45. The number of hydrogen-bond acceptors (Lipinski definition) is 3. The summed E-state index contributed by atoms with van der Waals surface area (Å²) in [7, 11) is 0. The van der Waals surface area contributed by atoms with E-state index in [1.807, 2.05) is 0 Å². The van der Waals surface area contributed by atoms with Crippen molar-refractivity contribution in [2.45, 2.75) is 20.0 Å². The Balaban J connectivity index is 2.99. The van der Waals surface area contributed by atoms with Gasteiger partial charge in [0.25, 0.3) is 0 Å². The quantitative estimate of drug-likeness (QED) is 0.718. The van der Waals surface area contributed by atoms with Gasteiger partial charge in [0.2, 0.25) is 0 Å². The molecule has 3 nitrogen and oxygen atoms in total. The Morgan fingerprint density at radius 3 is 2.61 bits per heavy atom. The van der Waals surface area contributed by atoms with Crippen LogP contribution in [0.5, 0.6) is 5.75 Å². The minimum Gasteiger partial charge on any atom is -0.466 e. The largest absolute Gasteiger partial charge is 0.466 e. The van der Waals surface area contributed by atoms with Crippen molar-refractivity contribution >= 4 is 37.8 Å². The van der Waals surface area contributed by atoms with Crippen LogP contribution in [0.25, 0.3) is 0 Å². The molecule has 0 radical (unpaired) electrons. The van der Waals surface area contributed by atoms with Crippen molar-refractivity contribution in [3.8, 4) is 5.75 Å². The van der Waals surface area contributed by atoms with Gasteiger partial charge in [-0.1, -0.05) is 15.9 Å². The maximum absolute atomic E-state index is 12.2. The van der Waals surface area contributed by atoms with Gasteiger partial charge in [-0.2, -0.15) is 8.78 Å². The number of hydrogen-bond donors (Lipinski definition) is 0. The van der Waals surface area contributed by atoms with Crippen LogP contribution < -0.4 is 4.74 Å². The molecule has 0 amide bonds. The highest BCUT2D eigenvalue weighted by molar-refractivity contribution is 9.11. The zero-order valence-electron chi connectivity index (χ0n) is 9.38. The number of alkyl halides is 2. The summed E-state index contributed by atoms with van der Waals surface area (Å²) in [6.45, 7) is -0.961. The van der Waals surface area contributed by atoms with E-state index in [2.05, 4.69) is 36.6 Å². The molecule has 0 saturated carbocycles. The average molecular weight is 388 g/mol. The van der Waals surface area contributed by atoms with E-state index in [0.29, 0.717) is 14.5 Å². The molecule has 0 bridgehead atoms. The molecule has 0 aliphatic carbocycles. The second kappa shape index (κ2) is 7.04. The van der Waals surface area contributed by atoms with E-state index < -0.39 is 12.6 Å². The topological polar surface area (TPSA) is 35.5 Å². The van der Waals surface area contributed by atoms with Crippen LogP contribution in [-0.2, 0) is 16.0 Å². The molecule has 0 atom stereocenters. The third-order valence-electron chi connectivity index (χ3n) is 1.99. The Hall–Kier alpha value is -0.690. The van der Waals surface area contributed by atoms with Gasteiger partial charge in [0, 0.05) is 4.47 Å². The molecule has 1 aromatic rings. The van der Waals surface area contributed by atoms with Gasteiger partial charge in [-0.05, 0) is 40.5 Å². The Kier molecular flexibility index (Phi) is 6.01. The van der Waals surface area contributed by atoms with E-state index >= 15 is 0 Å². The Morgan fingerprint density at radius 2 is 2.06 bits per heavy atom. The number of benzene rings is 1. The zero-order chi connectivity index (χ0) is 13.7. The van der Waals surface area contributed by atoms with Crippen molar-refractivity contribution in [3.05, 3.63) is 26.6 Å². The number of esters is 1. The smallest absolute Gasteiger partial charge is 0.387 e. The van der Waals surface area contributed by atoms with E-state index in [0.717, 1.165) is 0 Å². The highest BCUT2D eigenvalue weighted by Gasteiger charge is 2.17. The molecule has 0 aromatic heterocycles. The van der Waals surface area contributed by atoms with Crippen LogP contribution in [0.15, 0.2) is 21.1 Å². The van der Waals surface area contributed by atoms with Crippen molar-refractivity contribution in [2.24, 2.45) is 0 Å². The lowest BCUT2D eigenvalue weighted by molar-refractivity contribution is -0.142. The van der Waals surface area contributed by atoms with Gasteiger partial charge in [-0.15, -0.1) is 0 Å². The maximum atomic E-state index is 12.2. The van der Waals surface area contributed by atoms with Crippen molar-refractivity contribution in [2.75, 3.05) is 6.61 Å². The van der Waals surface area contributed by atoms with Crippen molar-refractivity contribution in [3.63, 3.8) is 0 Å². The molecule has 0 saturated heterocycles. The standard InChI is InChI=1S/C11H10Br2F2O3/c1-2-17-9(16)5-6-7(12)3-4-8(10(6)13)18-11(14)15/h3-4,11H,2,5H2,1H3. The molecule has 0 heterocycles. The highest BCUT2D eigenvalue weighted by Crippen LogP contribution is 2.35. The predicted molar refractivity (Wildman–Crippen MR) is 68.8 cm³/mol. The van der Waals surface area contributed by atoms with Gasteiger partial charge < -0.3 is 9.47 Å². The minimum absolute atomic E-state index is 0.0208. The van der Waals surface area contributed by atoms with Crippen LogP contribution in [-0.4, -0.2) is 19.2 Å². The second-order valence-electron chi connectivity index (χ2n) is 3.20. The first kappa shape index (κ1) is 15.4. The summed E-state index contributed by atoms with van der Waals surface area (Å²) >= 11 is 6.39. The fourth-order valence-corrected chi connectivity index (χ4v) is 2.60. The third kappa shape index (κ3) is 4.20. The van der Waals surface area contributed by atoms with Crippen molar-refractivity contribution in [1.29, 1.82) is 0 Å². The number of rotatable bonds is 5. The van der Waals surface area contributed by atoms with Crippen LogP contribution in [0, 0.1) is 0 Å². The van der Waals surface area contributed by atoms with Crippen LogP contribution in [0.1, 0.15) is 12.5 Å². The predicted octanol–water partition coefficient (Wildman–Crippen LogP) is 3.92. The molecule has 0 unspecified atom stereocenters. The number of halogens is 4. The molecule has 0 aliphatic heterocycles. The molecule has 0 spiro atoms. The van der Waals surface area contributed by atoms with Crippen LogP contribution in [0.2, 0.25) is 0 Å². The Labute approximate surface area is 120 Å². The van der Waals surface area contributed by atoms with Gasteiger partial charge >= 0.3 is 12.6 Å². The first-order valence-electron chi connectivity index (χ1n) is 5.03. The SMILES string of the molecule is CCOC(=O)Cc1c(Br)ccc(OC(F)F)c1Br. The van der Waals surface area contributed by atoms with Gasteiger partial charge in [0.15, 0.2) is 0 Å². The van der Waals surface area contributed by atoms with E-state index in [9.17, 15) is 13.6 Å². The fourth-order valence-electron chi connectivity index (χ4n) is 1.28. The van der Waals surface area contributed by atoms with E-state index in [4.69, 9.17) is 4.74 Å². The fraction of sp³-hybridized carbons (Fsp3) is 0.364. The first-order valence-corrected chi connectivity index (χ1v) is 6.61. The number of carbonyl (C=O) groups excluding carboxylic acids is 1. The molecule has 7 heteroatoms. The maximum Gasteiger partial charge on any atom is 0.387 e. The van der Waals surface area contributed by atoms with E-state index in [1.165, 1.54) is 12.1 Å². The van der Waals surface area contributed by atoms with Gasteiger partial charge in [0.1, 0.15) is 5.75 Å². The lowest BCUT2D eigenvalue weighted by atomic mass is 10.1. The van der Waals surface area contributed by atoms with Crippen molar-refractivity contribution in [1.82, 2.24) is 0 Å². The summed E-state index contributed by atoms with van der Waals surface area (Å²) < 4.78 is 34.4. The average Bonchev–Trinajstić information content (AvgIpc) is 2.28. The van der Waals surface area contributed by atoms with Gasteiger partial charge in [-0.3, -0.25) is 4.79 Å². The van der Waals surface area contributed by atoms with Crippen LogP contribution in [0.3, 0.4) is 0 Å². The Morgan fingerprint density at radius 1 is 1.39 bits per heavy atom. The molecule has 1 rings (SSSR count). The molecule has 1 aromatic carbocycles. The summed E-state index contributed by atoms with van der Waals surface area (Å²) in [5.41, 5.74) is 0.506. The normalized spacial score (nSPS) is 10.6. The summed E-state index contributed by atoms with van der Waals surface area (Å²) in [4.78, 5) is 11.4. The molecule has 100 valence electrons. The molecule has 18 heavy (non-hydrogen) atoms. The number of ether oxygens (including phenoxy) is 2. The lowest BCUT2D eigenvalue weighted by Gasteiger charge is -2.12. The monoisotopic (exact) mass is 386 g/mol. The van der Waals surface area contributed by atoms with E-state index in [-0.39, 0.29) is 18.8 Å². The molecule has 0 N–H and O–H groups in total. The second-order valence-corrected chi connectivity index (χ2v) is 4.85. The lowest BCUT2D eigenvalue weighted by Crippen LogP contribution is -2.10. The minimum atomic E-state index is -2.92. The molecule has 0 aliphatic rings. The van der Waals surface area contributed by atoms with Crippen LogP contribution >= 0.6 is 31.9 Å². The summed E-state index contributed by atoms with van der Waals surface area (Å²) in [5.74, 6) is -0.458. The van der Waals surface area contributed by atoms with E-state index in [1.54, 1.807) is 6.92 Å². The Bertz CT molecular complexity index is 439. The zero-order valence-corrected chi connectivity index (χ0v) is 12.6. The summed E-state index contributed by atoms with van der Waals surface area (Å²) in [6.07, 6.45) is -0.0323. The molecular formula is C11H10Br2F2O3. The summed E-state index contributed by atoms with van der Waals surface area (Å²) in [6, 6.07) is 2.92. The third-order valence-corrected chi connectivity index (χ3v) is 3.61. The number of carbonyl (C=O) groups is 1. The summed E-state index contributed by atoms with van der Waals surface area (Å²) in [5, 5.41) is 0. The van der Waals surface area contributed by atoms with Crippen LogP contribution in [0.4, 0.5) is 8.78 Å². The van der Waals surface area contributed by atoms with Gasteiger partial charge in [0.05, 0.1) is 17.5 Å². The molecule has 0 fully saturated rings. The molecular weight excluding hydrogens is 378 g/mol. The van der Waals surface area contributed by atoms with Gasteiger partial charge in [-0.25, -0.2) is 0 Å².